The number of carbonyl (C=O) groups excluding carboxylic acids is 1. The summed E-state index contributed by atoms with van der Waals surface area (Å²) in [5.74, 6) is -2.07. The van der Waals surface area contributed by atoms with Gasteiger partial charge < -0.3 is 20.1 Å². The fourth-order valence-corrected chi connectivity index (χ4v) is 2.98. The minimum absolute atomic E-state index is 0.125. The Morgan fingerprint density at radius 3 is 3.00 bits per heavy atom. The Labute approximate surface area is 138 Å². The van der Waals surface area contributed by atoms with Crippen LogP contribution in [0.2, 0.25) is 0 Å². The van der Waals surface area contributed by atoms with Gasteiger partial charge in [-0.1, -0.05) is 0 Å². The average Bonchev–Trinajstić information content (AvgIpc) is 2.96. The maximum absolute atomic E-state index is 13.2. The zero-order chi connectivity index (χ0) is 17.1. The van der Waals surface area contributed by atoms with Gasteiger partial charge in [0, 0.05) is 30.1 Å². The summed E-state index contributed by atoms with van der Waals surface area (Å²) in [5.41, 5.74) is 1.32. The number of H-pyrrole nitrogens is 1. The van der Waals surface area contributed by atoms with E-state index in [4.69, 9.17) is 4.74 Å². The number of carboxylic acid groups (broad SMARTS) is 1. The largest absolute Gasteiger partial charge is 0.480 e. The number of hydrogen-bond acceptors (Lipinski definition) is 3. The third-order valence-electron chi connectivity index (χ3n) is 4.30. The Morgan fingerprint density at radius 2 is 2.29 bits per heavy atom. The molecule has 6 nitrogen and oxygen atoms in total. The first-order valence-electron chi connectivity index (χ1n) is 7.91. The fourth-order valence-electron chi connectivity index (χ4n) is 2.98. The van der Waals surface area contributed by atoms with E-state index in [9.17, 15) is 19.1 Å². The summed E-state index contributed by atoms with van der Waals surface area (Å²) < 4.78 is 18.5. The molecule has 1 fully saturated rings. The number of benzene rings is 1. The zero-order valence-electron chi connectivity index (χ0n) is 13.0. The van der Waals surface area contributed by atoms with Crippen LogP contribution in [0, 0.1) is 11.7 Å². The van der Waals surface area contributed by atoms with E-state index in [0.29, 0.717) is 25.2 Å². The number of ether oxygens (including phenoxy) is 1. The number of fused-ring (bicyclic) bond motifs is 1. The maximum atomic E-state index is 13.2. The van der Waals surface area contributed by atoms with Crippen molar-refractivity contribution < 1.29 is 23.8 Å². The highest BCUT2D eigenvalue weighted by molar-refractivity contribution is 5.87. The Kier molecular flexibility index (Phi) is 4.80. The van der Waals surface area contributed by atoms with Gasteiger partial charge in [-0.05, 0) is 36.6 Å². The minimum Gasteiger partial charge on any atom is -0.480 e. The second kappa shape index (κ2) is 7.00. The van der Waals surface area contributed by atoms with Crippen molar-refractivity contribution in [1.29, 1.82) is 0 Å². The first-order valence-corrected chi connectivity index (χ1v) is 7.91. The highest BCUT2D eigenvalue weighted by atomic mass is 19.1. The lowest BCUT2D eigenvalue weighted by atomic mass is 9.99. The highest BCUT2D eigenvalue weighted by Crippen LogP contribution is 2.21. The third-order valence-corrected chi connectivity index (χ3v) is 4.30. The van der Waals surface area contributed by atoms with Crippen molar-refractivity contribution in [3.05, 3.63) is 35.8 Å². The summed E-state index contributed by atoms with van der Waals surface area (Å²) in [6.45, 7) is 0.961. The van der Waals surface area contributed by atoms with Gasteiger partial charge in [-0.2, -0.15) is 0 Å². The Hall–Kier alpha value is -2.41. The lowest BCUT2D eigenvalue weighted by Crippen LogP contribution is -2.46. The van der Waals surface area contributed by atoms with Crippen LogP contribution in [0.4, 0.5) is 4.39 Å². The molecule has 0 aliphatic carbocycles. The molecule has 2 unspecified atom stereocenters. The van der Waals surface area contributed by atoms with Crippen molar-refractivity contribution in [2.24, 2.45) is 5.92 Å². The second-order valence-corrected chi connectivity index (χ2v) is 6.02. The zero-order valence-corrected chi connectivity index (χ0v) is 13.0. The summed E-state index contributed by atoms with van der Waals surface area (Å²) in [5, 5.41) is 12.8. The number of carboxylic acids is 1. The Morgan fingerprint density at radius 1 is 1.46 bits per heavy atom. The van der Waals surface area contributed by atoms with Gasteiger partial charge in [-0.15, -0.1) is 0 Å². The van der Waals surface area contributed by atoms with Crippen LogP contribution in [-0.2, 0) is 20.7 Å². The van der Waals surface area contributed by atoms with Crippen LogP contribution in [0.3, 0.4) is 0 Å². The number of aromatic nitrogens is 1. The number of carbonyl (C=O) groups is 2. The molecule has 1 aromatic carbocycles. The molecule has 1 aromatic heterocycles. The molecular weight excluding hydrogens is 315 g/mol. The van der Waals surface area contributed by atoms with Gasteiger partial charge in [0.2, 0.25) is 5.91 Å². The summed E-state index contributed by atoms with van der Waals surface area (Å²) in [6.07, 6.45) is 3.27. The van der Waals surface area contributed by atoms with Gasteiger partial charge in [-0.25, -0.2) is 9.18 Å². The second-order valence-electron chi connectivity index (χ2n) is 6.02. The maximum Gasteiger partial charge on any atom is 0.326 e. The lowest BCUT2D eigenvalue weighted by Gasteiger charge is -2.23. The molecule has 1 aliphatic rings. The SMILES string of the molecule is O=C(NC(Cc1c[nH]c2cc(F)ccc12)C(=O)O)C1CCCOC1. The van der Waals surface area contributed by atoms with Gasteiger partial charge in [0.25, 0.3) is 0 Å². The average molecular weight is 334 g/mol. The molecule has 0 spiro atoms. The number of hydrogen-bond donors (Lipinski definition) is 3. The standard InChI is InChI=1S/C17H19FN2O4/c18-12-3-4-13-11(8-19-14(13)7-12)6-15(17(22)23)20-16(21)10-2-1-5-24-9-10/h3-4,7-8,10,15,19H,1-2,5-6,9H2,(H,20,21)(H,22,23). The quantitative estimate of drug-likeness (QED) is 0.778. The highest BCUT2D eigenvalue weighted by Gasteiger charge is 2.27. The van der Waals surface area contributed by atoms with E-state index in [1.165, 1.54) is 12.1 Å². The van der Waals surface area contributed by atoms with Crippen LogP contribution in [0.5, 0.6) is 0 Å². The molecule has 0 saturated carbocycles. The van der Waals surface area contributed by atoms with Crippen LogP contribution in [0.15, 0.2) is 24.4 Å². The van der Waals surface area contributed by atoms with Gasteiger partial charge in [-0.3, -0.25) is 4.79 Å². The lowest BCUT2D eigenvalue weighted by molar-refractivity contribution is -0.143. The van der Waals surface area contributed by atoms with Crippen LogP contribution >= 0.6 is 0 Å². The summed E-state index contributed by atoms with van der Waals surface area (Å²) in [4.78, 5) is 26.7. The number of halogens is 1. The molecule has 128 valence electrons. The van der Waals surface area contributed by atoms with Crippen LogP contribution in [-0.4, -0.2) is 41.2 Å². The van der Waals surface area contributed by atoms with Crippen LogP contribution in [0.25, 0.3) is 10.9 Å². The van der Waals surface area contributed by atoms with Crippen molar-refractivity contribution >= 4 is 22.8 Å². The topological polar surface area (TPSA) is 91.4 Å². The Bertz CT molecular complexity index is 752. The first kappa shape index (κ1) is 16.4. The predicted octanol–water partition coefficient (Wildman–Crippen LogP) is 1.85. The van der Waals surface area contributed by atoms with E-state index in [-0.39, 0.29) is 24.1 Å². The number of rotatable bonds is 5. The van der Waals surface area contributed by atoms with Crippen molar-refractivity contribution in [2.45, 2.75) is 25.3 Å². The van der Waals surface area contributed by atoms with Gasteiger partial charge in [0.15, 0.2) is 0 Å². The smallest absolute Gasteiger partial charge is 0.326 e. The van der Waals surface area contributed by atoms with Gasteiger partial charge in [0.1, 0.15) is 11.9 Å². The molecule has 2 atom stereocenters. The predicted molar refractivity (Wildman–Crippen MR) is 85.1 cm³/mol. The molecule has 24 heavy (non-hydrogen) atoms. The normalized spacial score (nSPS) is 19.1. The third kappa shape index (κ3) is 3.56. The number of nitrogens with one attached hydrogen (secondary N) is 2. The van der Waals surface area contributed by atoms with E-state index in [1.807, 2.05) is 0 Å². The monoisotopic (exact) mass is 334 g/mol. The number of amides is 1. The molecule has 1 aliphatic heterocycles. The van der Waals surface area contributed by atoms with E-state index in [0.717, 1.165) is 17.4 Å². The summed E-state index contributed by atoms with van der Waals surface area (Å²) >= 11 is 0. The molecule has 3 N–H and O–H groups in total. The molecule has 3 rings (SSSR count). The summed E-state index contributed by atoms with van der Waals surface area (Å²) in [7, 11) is 0. The molecule has 1 saturated heterocycles. The molecule has 1 amide bonds. The number of aromatic amines is 1. The van der Waals surface area contributed by atoms with Gasteiger partial charge in [0.05, 0.1) is 12.5 Å². The first-order chi connectivity index (χ1) is 11.5. The van der Waals surface area contributed by atoms with Crippen LogP contribution < -0.4 is 5.32 Å². The molecule has 0 bridgehead atoms. The van der Waals surface area contributed by atoms with Crippen molar-refractivity contribution in [3.63, 3.8) is 0 Å². The van der Waals surface area contributed by atoms with E-state index >= 15 is 0 Å². The molecular formula is C17H19FN2O4. The minimum atomic E-state index is -1.10. The molecule has 7 heteroatoms. The Balaban J connectivity index is 1.73. The van der Waals surface area contributed by atoms with E-state index in [2.05, 4.69) is 10.3 Å². The van der Waals surface area contributed by atoms with Gasteiger partial charge >= 0.3 is 5.97 Å². The van der Waals surface area contributed by atoms with Crippen LogP contribution in [0.1, 0.15) is 18.4 Å². The van der Waals surface area contributed by atoms with E-state index in [1.54, 1.807) is 12.3 Å². The molecule has 0 radical (unpaired) electrons. The molecule has 2 heterocycles. The van der Waals surface area contributed by atoms with Crippen molar-refractivity contribution in [3.8, 4) is 0 Å². The summed E-state index contributed by atoms with van der Waals surface area (Å²) in [6, 6.07) is 3.25. The van der Waals surface area contributed by atoms with Crippen molar-refractivity contribution in [1.82, 2.24) is 10.3 Å². The fraction of sp³-hybridized carbons (Fsp3) is 0.412. The molecule has 2 aromatic rings. The van der Waals surface area contributed by atoms with E-state index < -0.39 is 12.0 Å². The number of aliphatic carboxylic acids is 1. The van der Waals surface area contributed by atoms with Crippen molar-refractivity contribution in [2.75, 3.05) is 13.2 Å².